The van der Waals surface area contributed by atoms with Crippen LogP contribution in [0.1, 0.15) is 29.7 Å². The Morgan fingerprint density at radius 1 is 1.25 bits per heavy atom. The highest BCUT2D eigenvalue weighted by atomic mass is 35.5. The summed E-state index contributed by atoms with van der Waals surface area (Å²) in [5, 5.41) is 13.8. The Balaban J connectivity index is 1.97. The molecule has 0 aromatic heterocycles. The maximum Gasteiger partial charge on any atom is 0.224 e. The van der Waals surface area contributed by atoms with Gasteiger partial charge in [0.2, 0.25) is 5.91 Å². The lowest BCUT2D eigenvalue weighted by molar-refractivity contribution is -0.121. The summed E-state index contributed by atoms with van der Waals surface area (Å²) < 4.78 is 5.27. The first kappa shape index (κ1) is 18.3. The third kappa shape index (κ3) is 4.73. The number of halogens is 1. The molecule has 0 saturated carbocycles. The van der Waals surface area contributed by atoms with Crippen molar-refractivity contribution in [1.29, 1.82) is 0 Å². The highest BCUT2D eigenvalue weighted by molar-refractivity contribution is 6.30. The van der Waals surface area contributed by atoms with Gasteiger partial charge in [-0.15, -0.1) is 0 Å². The maximum atomic E-state index is 12.2. The molecule has 0 saturated heterocycles. The van der Waals surface area contributed by atoms with E-state index in [1.165, 1.54) is 0 Å². The number of nitrogens with one attached hydrogen (secondary N) is 1. The molecule has 0 spiro atoms. The fourth-order valence-corrected chi connectivity index (χ4v) is 2.62. The van der Waals surface area contributed by atoms with Crippen LogP contribution in [-0.2, 0) is 11.2 Å². The van der Waals surface area contributed by atoms with Crippen LogP contribution in [0.4, 0.5) is 0 Å². The standard InChI is InChI=1S/C19H22ClNO3/c1-12-4-5-14(10-17(12)24-3)11-18(22)21-13(2)19(23)15-6-8-16(20)9-7-15/h4-10,13,19,23H,11H2,1-3H3,(H,21,22). The molecule has 0 radical (unpaired) electrons. The van der Waals surface area contributed by atoms with Gasteiger partial charge in [0.1, 0.15) is 5.75 Å². The van der Waals surface area contributed by atoms with Gasteiger partial charge in [-0.25, -0.2) is 0 Å². The van der Waals surface area contributed by atoms with Crippen molar-refractivity contribution < 1.29 is 14.6 Å². The van der Waals surface area contributed by atoms with Gasteiger partial charge in [0.25, 0.3) is 0 Å². The number of aliphatic hydroxyl groups is 1. The zero-order valence-electron chi connectivity index (χ0n) is 14.0. The largest absolute Gasteiger partial charge is 0.496 e. The summed E-state index contributed by atoms with van der Waals surface area (Å²) in [5.41, 5.74) is 2.60. The lowest BCUT2D eigenvalue weighted by Crippen LogP contribution is -2.37. The number of aryl methyl sites for hydroxylation is 1. The number of aliphatic hydroxyl groups excluding tert-OH is 1. The minimum absolute atomic E-state index is 0.151. The van der Waals surface area contributed by atoms with Gasteiger partial charge in [0.15, 0.2) is 0 Å². The number of rotatable bonds is 6. The number of hydrogen-bond acceptors (Lipinski definition) is 3. The van der Waals surface area contributed by atoms with Crippen LogP contribution in [0.5, 0.6) is 5.75 Å². The average molecular weight is 348 g/mol. The van der Waals surface area contributed by atoms with Crippen molar-refractivity contribution in [3.63, 3.8) is 0 Å². The fourth-order valence-electron chi connectivity index (χ4n) is 2.49. The van der Waals surface area contributed by atoms with Crippen LogP contribution in [0, 0.1) is 6.92 Å². The van der Waals surface area contributed by atoms with Crippen molar-refractivity contribution in [3.05, 3.63) is 64.2 Å². The minimum Gasteiger partial charge on any atom is -0.496 e. The molecule has 0 bridgehead atoms. The normalized spacial score (nSPS) is 13.2. The molecule has 0 aliphatic carbocycles. The molecule has 2 aromatic carbocycles. The van der Waals surface area contributed by atoms with E-state index in [-0.39, 0.29) is 12.3 Å². The zero-order valence-corrected chi connectivity index (χ0v) is 14.8. The summed E-state index contributed by atoms with van der Waals surface area (Å²) in [5.74, 6) is 0.607. The Hall–Kier alpha value is -2.04. The molecule has 2 unspecified atom stereocenters. The summed E-state index contributed by atoms with van der Waals surface area (Å²) in [6.07, 6.45) is -0.562. The van der Waals surface area contributed by atoms with Crippen molar-refractivity contribution >= 4 is 17.5 Å². The van der Waals surface area contributed by atoms with Gasteiger partial charge in [-0.3, -0.25) is 4.79 Å². The molecule has 5 heteroatoms. The molecular formula is C19H22ClNO3. The van der Waals surface area contributed by atoms with Crippen LogP contribution in [-0.4, -0.2) is 24.2 Å². The maximum absolute atomic E-state index is 12.2. The van der Waals surface area contributed by atoms with Crippen LogP contribution in [0.15, 0.2) is 42.5 Å². The number of carbonyl (C=O) groups excluding carboxylic acids is 1. The summed E-state index contributed by atoms with van der Waals surface area (Å²) in [6.45, 7) is 3.72. The monoisotopic (exact) mass is 347 g/mol. The van der Waals surface area contributed by atoms with Gasteiger partial charge < -0.3 is 15.2 Å². The molecule has 0 heterocycles. The molecule has 1 amide bonds. The quantitative estimate of drug-likeness (QED) is 0.841. The van der Waals surface area contributed by atoms with Crippen molar-refractivity contribution in [2.24, 2.45) is 0 Å². The second-order valence-electron chi connectivity index (χ2n) is 5.83. The van der Waals surface area contributed by atoms with Gasteiger partial charge in [-0.05, 0) is 48.7 Å². The van der Waals surface area contributed by atoms with Crippen molar-refractivity contribution in [3.8, 4) is 5.75 Å². The highest BCUT2D eigenvalue weighted by Crippen LogP contribution is 2.21. The zero-order chi connectivity index (χ0) is 17.7. The first-order valence-corrected chi connectivity index (χ1v) is 8.15. The summed E-state index contributed by atoms with van der Waals surface area (Å²) >= 11 is 5.84. The molecular weight excluding hydrogens is 326 g/mol. The summed E-state index contributed by atoms with van der Waals surface area (Å²) in [4.78, 5) is 12.2. The van der Waals surface area contributed by atoms with E-state index in [4.69, 9.17) is 16.3 Å². The van der Waals surface area contributed by atoms with E-state index in [1.54, 1.807) is 38.3 Å². The predicted octanol–water partition coefficient (Wildman–Crippen LogP) is 3.44. The molecule has 2 aromatic rings. The van der Waals surface area contributed by atoms with E-state index in [9.17, 15) is 9.90 Å². The SMILES string of the molecule is COc1cc(CC(=O)NC(C)C(O)c2ccc(Cl)cc2)ccc1C. The van der Waals surface area contributed by atoms with Crippen LogP contribution in [0.2, 0.25) is 5.02 Å². The molecule has 0 aliphatic rings. The van der Waals surface area contributed by atoms with Crippen molar-refractivity contribution in [1.82, 2.24) is 5.32 Å². The van der Waals surface area contributed by atoms with Crippen LogP contribution in [0.3, 0.4) is 0 Å². The molecule has 24 heavy (non-hydrogen) atoms. The Morgan fingerprint density at radius 2 is 1.92 bits per heavy atom. The summed E-state index contributed by atoms with van der Waals surface area (Å²) in [6, 6.07) is 12.2. The Labute approximate surface area is 147 Å². The first-order chi connectivity index (χ1) is 11.4. The smallest absolute Gasteiger partial charge is 0.224 e. The van der Waals surface area contributed by atoms with E-state index < -0.39 is 12.1 Å². The van der Waals surface area contributed by atoms with Gasteiger partial charge in [0.05, 0.1) is 25.7 Å². The molecule has 0 fully saturated rings. The lowest BCUT2D eigenvalue weighted by Gasteiger charge is -2.21. The Morgan fingerprint density at radius 3 is 2.54 bits per heavy atom. The van der Waals surface area contributed by atoms with Crippen LogP contribution >= 0.6 is 11.6 Å². The number of methoxy groups -OCH3 is 1. The van der Waals surface area contributed by atoms with Gasteiger partial charge in [-0.2, -0.15) is 0 Å². The molecule has 4 nitrogen and oxygen atoms in total. The Bertz CT molecular complexity index is 700. The van der Waals surface area contributed by atoms with Gasteiger partial charge >= 0.3 is 0 Å². The summed E-state index contributed by atoms with van der Waals surface area (Å²) in [7, 11) is 1.61. The molecule has 2 rings (SSSR count). The van der Waals surface area contributed by atoms with E-state index in [0.29, 0.717) is 10.6 Å². The van der Waals surface area contributed by atoms with E-state index in [1.807, 2.05) is 25.1 Å². The lowest BCUT2D eigenvalue weighted by atomic mass is 10.0. The fraction of sp³-hybridized carbons (Fsp3) is 0.316. The molecule has 2 atom stereocenters. The van der Waals surface area contributed by atoms with Gasteiger partial charge in [0, 0.05) is 5.02 Å². The molecule has 0 aliphatic heterocycles. The number of hydrogen-bond donors (Lipinski definition) is 2. The topological polar surface area (TPSA) is 58.6 Å². The Kier molecular flexibility index (Phi) is 6.23. The number of benzene rings is 2. The van der Waals surface area contributed by atoms with Gasteiger partial charge in [-0.1, -0.05) is 35.9 Å². The van der Waals surface area contributed by atoms with Crippen LogP contribution < -0.4 is 10.1 Å². The van der Waals surface area contributed by atoms with E-state index >= 15 is 0 Å². The number of carbonyl (C=O) groups is 1. The second-order valence-corrected chi connectivity index (χ2v) is 6.27. The van der Waals surface area contributed by atoms with Crippen molar-refractivity contribution in [2.75, 3.05) is 7.11 Å². The minimum atomic E-state index is -0.793. The van der Waals surface area contributed by atoms with Crippen LogP contribution in [0.25, 0.3) is 0 Å². The van der Waals surface area contributed by atoms with E-state index in [2.05, 4.69) is 5.32 Å². The first-order valence-electron chi connectivity index (χ1n) is 7.77. The third-order valence-electron chi connectivity index (χ3n) is 3.91. The van der Waals surface area contributed by atoms with E-state index in [0.717, 1.165) is 16.9 Å². The number of ether oxygens (including phenoxy) is 1. The molecule has 128 valence electrons. The van der Waals surface area contributed by atoms with Crippen molar-refractivity contribution in [2.45, 2.75) is 32.4 Å². The molecule has 2 N–H and O–H groups in total. The number of amides is 1. The predicted molar refractivity (Wildman–Crippen MR) is 95.5 cm³/mol. The third-order valence-corrected chi connectivity index (χ3v) is 4.16. The second kappa shape index (κ2) is 8.18. The average Bonchev–Trinajstić information content (AvgIpc) is 2.56. The highest BCUT2D eigenvalue weighted by Gasteiger charge is 2.18.